The number of aliphatic carboxylic acids is 1. The molecular formula is C30H20F6N4O5S. The van der Waals surface area contributed by atoms with Gasteiger partial charge in [-0.3, -0.25) is 4.79 Å². The van der Waals surface area contributed by atoms with Crippen LogP contribution in [-0.4, -0.2) is 43.9 Å². The van der Waals surface area contributed by atoms with E-state index in [1.165, 1.54) is 36.0 Å². The van der Waals surface area contributed by atoms with Crippen molar-refractivity contribution in [2.24, 2.45) is 0 Å². The molecule has 0 aliphatic heterocycles. The van der Waals surface area contributed by atoms with Crippen LogP contribution in [0.2, 0.25) is 0 Å². The van der Waals surface area contributed by atoms with Crippen molar-refractivity contribution in [3.63, 3.8) is 0 Å². The van der Waals surface area contributed by atoms with Crippen molar-refractivity contribution in [1.29, 1.82) is 0 Å². The number of nitrogens with one attached hydrogen (secondary N) is 1. The van der Waals surface area contributed by atoms with Crippen LogP contribution in [0.5, 0.6) is 0 Å². The van der Waals surface area contributed by atoms with Crippen molar-refractivity contribution in [1.82, 2.24) is 20.4 Å². The van der Waals surface area contributed by atoms with Gasteiger partial charge in [-0.05, 0) is 29.8 Å². The molecule has 0 aliphatic carbocycles. The molecule has 16 heteroatoms. The average molecular weight is 663 g/mol. The Bertz CT molecular complexity index is 1820. The third-order valence-corrected chi connectivity index (χ3v) is 7.48. The zero-order chi connectivity index (χ0) is 33.1. The largest absolute Gasteiger partial charge is 0.480 e. The monoisotopic (exact) mass is 662 g/mol. The second-order valence-corrected chi connectivity index (χ2v) is 10.7. The van der Waals surface area contributed by atoms with E-state index in [1.54, 1.807) is 0 Å². The van der Waals surface area contributed by atoms with E-state index in [-0.39, 0.29) is 45.6 Å². The van der Waals surface area contributed by atoms with E-state index in [2.05, 4.69) is 25.0 Å². The molecule has 0 saturated carbocycles. The second-order valence-electron chi connectivity index (χ2n) is 9.64. The molecule has 5 rings (SSSR count). The van der Waals surface area contributed by atoms with Gasteiger partial charge in [0.15, 0.2) is 11.5 Å². The van der Waals surface area contributed by atoms with Gasteiger partial charge < -0.3 is 19.4 Å². The number of nitrogens with zero attached hydrogens (tertiary/aromatic N) is 3. The number of thioether (sulfide) groups is 1. The molecule has 9 nitrogen and oxygen atoms in total. The Kier molecular flexibility index (Phi) is 9.18. The number of hydrogen-bond donors (Lipinski definition) is 2. The van der Waals surface area contributed by atoms with Crippen LogP contribution in [0.15, 0.2) is 87.8 Å². The van der Waals surface area contributed by atoms with E-state index in [0.29, 0.717) is 5.75 Å². The number of carbonyl (C=O) groups excluding carboxylic acids is 1. The van der Waals surface area contributed by atoms with E-state index in [9.17, 15) is 41.0 Å². The normalized spacial score (nSPS) is 12.6. The molecular weight excluding hydrogens is 642 g/mol. The maximum atomic E-state index is 13.4. The van der Waals surface area contributed by atoms with Crippen LogP contribution >= 0.6 is 11.8 Å². The Balaban J connectivity index is 1.44. The third-order valence-electron chi connectivity index (χ3n) is 6.37. The van der Waals surface area contributed by atoms with Crippen LogP contribution < -0.4 is 5.32 Å². The molecule has 0 bridgehead atoms. The summed E-state index contributed by atoms with van der Waals surface area (Å²) in [6, 6.07) is 17.1. The summed E-state index contributed by atoms with van der Waals surface area (Å²) >= 11 is 1.27. The molecule has 2 N–H and O–H groups in total. The summed E-state index contributed by atoms with van der Waals surface area (Å²) in [5, 5.41) is 15.5. The molecule has 0 spiro atoms. The van der Waals surface area contributed by atoms with Crippen molar-refractivity contribution in [2.45, 2.75) is 24.1 Å². The van der Waals surface area contributed by atoms with Gasteiger partial charge in [0.2, 0.25) is 11.7 Å². The minimum Gasteiger partial charge on any atom is -0.480 e. The fourth-order valence-electron chi connectivity index (χ4n) is 4.09. The minimum absolute atomic E-state index is 0.00573. The highest BCUT2D eigenvalue weighted by Crippen LogP contribution is 2.35. The maximum absolute atomic E-state index is 13.4. The van der Waals surface area contributed by atoms with E-state index in [1.807, 2.05) is 30.3 Å². The van der Waals surface area contributed by atoms with Gasteiger partial charge in [-0.1, -0.05) is 59.8 Å². The molecule has 3 aromatic carbocycles. The van der Waals surface area contributed by atoms with Crippen molar-refractivity contribution in [3.8, 4) is 34.2 Å². The highest BCUT2D eigenvalue weighted by atomic mass is 32.2. The lowest BCUT2D eigenvalue weighted by atomic mass is 10.1. The number of benzene rings is 3. The highest BCUT2D eigenvalue weighted by molar-refractivity contribution is 7.98. The molecule has 238 valence electrons. The Morgan fingerprint density at radius 2 is 1.46 bits per heavy atom. The first-order valence-corrected chi connectivity index (χ1v) is 14.3. The fraction of sp³-hybridized carbons (Fsp3) is 0.167. The minimum atomic E-state index is -4.85. The molecule has 2 aromatic heterocycles. The number of carboxylic acids is 1. The van der Waals surface area contributed by atoms with Gasteiger partial charge >= 0.3 is 24.2 Å². The first kappa shape index (κ1) is 32.3. The number of oxazole rings is 1. The Hall–Kier alpha value is -5.12. The summed E-state index contributed by atoms with van der Waals surface area (Å²) < 4.78 is 88.0. The summed E-state index contributed by atoms with van der Waals surface area (Å²) in [5.74, 6) is -4.11. The summed E-state index contributed by atoms with van der Waals surface area (Å²) in [4.78, 5) is 32.9. The fourth-order valence-corrected chi connectivity index (χ4v) is 5.10. The quantitative estimate of drug-likeness (QED) is 0.149. The smallest absolute Gasteiger partial charge is 0.471 e. The SMILES string of the molecule is O=C(N[C@@H](CSCc1ccccc1)C(=O)O)c1nc(-c2ccc(C(F)(F)F)cc2)oc1-c1ccc(-c2noc(C(F)(F)F)n2)cc1. The van der Waals surface area contributed by atoms with E-state index in [4.69, 9.17) is 4.42 Å². The van der Waals surface area contributed by atoms with Gasteiger partial charge in [-0.15, -0.1) is 0 Å². The molecule has 0 aliphatic rings. The molecule has 5 aromatic rings. The second kappa shape index (κ2) is 13.1. The number of halogens is 6. The van der Waals surface area contributed by atoms with E-state index < -0.39 is 41.7 Å². The summed E-state index contributed by atoms with van der Waals surface area (Å²) in [5.41, 5.74) is 0.0404. The van der Waals surface area contributed by atoms with E-state index in [0.717, 1.165) is 29.8 Å². The van der Waals surface area contributed by atoms with Gasteiger partial charge in [0.05, 0.1) is 5.56 Å². The lowest BCUT2D eigenvalue weighted by Gasteiger charge is -2.14. The van der Waals surface area contributed by atoms with Crippen LogP contribution in [-0.2, 0) is 22.9 Å². The number of carbonyl (C=O) groups is 2. The first-order valence-electron chi connectivity index (χ1n) is 13.1. The van der Waals surface area contributed by atoms with Crippen molar-refractivity contribution < 1.29 is 50.0 Å². The Morgan fingerprint density at radius 3 is 2.04 bits per heavy atom. The zero-order valence-corrected chi connectivity index (χ0v) is 23.9. The number of rotatable bonds is 10. The summed E-state index contributed by atoms with van der Waals surface area (Å²) in [7, 11) is 0. The van der Waals surface area contributed by atoms with Gasteiger partial charge in [-0.25, -0.2) is 9.78 Å². The van der Waals surface area contributed by atoms with Gasteiger partial charge in [0.1, 0.15) is 6.04 Å². The van der Waals surface area contributed by atoms with Crippen LogP contribution in [0.25, 0.3) is 34.2 Å². The zero-order valence-electron chi connectivity index (χ0n) is 23.1. The number of amides is 1. The molecule has 0 saturated heterocycles. The van der Waals surface area contributed by atoms with Crippen molar-refractivity contribution >= 4 is 23.6 Å². The van der Waals surface area contributed by atoms with Crippen LogP contribution in [0.4, 0.5) is 26.3 Å². The average Bonchev–Trinajstić information content (AvgIpc) is 3.70. The summed E-state index contributed by atoms with van der Waals surface area (Å²) in [6.45, 7) is 0. The van der Waals surface area contributed by atoms with Crippen LogP contribution in [0.1, 0.15) is 27.5 Å². The third kappa shape index (κ3) is 7.56. The lowest BCUT2D eigenvalue weighted by Crippen LogP contribution is -2.42. The molecule has 1 amide bonds. The van der Waals surface area contributed by atoms with Crippen LogP contribution in [0.3, 0.4) is 0 Å². The number of aromatic nitrogens is 3. The Morgan fingerprint density at radius 1 is 0.826 bits per heavy atom. The predicted octanol–water partition coefficient (Wildman–Crippen LogP) is 7.21. The van der Waals surface area contributed by atoms with Gasteiger partial charge in [0.25, 0.3) is 5.91 Å². The maximum Gasteiger partial charge on any atom is 0.471 e. The molecule has 0 radical (unpaired) electrons. The molecule has 0 unspecified atom stereocenters. The van der Waals surface area contributed by atoms with E-state index >= 15 is 0 Å². The highest BCUT2D eigenvalue weighted by Gasteiger charge is 2.38. The van der Waals surface area contributed by atoms with Crippen molar-refractivity contribution in [3.05, 3.63) is 102 Å². The van der Waals surface area contributed by atoms with Crippen molar-refractivity contribution in [2.75, 3.05) is 5.75 Å². The summed E-state index contributed by atoms with van der Waals surface area (Å²) in [6.07, 6.45) is -9.45. The number of carboxylic acid groups (broad SMARTS) is 1. The van der Waals surface area contributed by atoms with Gasteiger partial charge in [0, 0.05) is 28.2 Å². The Labute approximate surface area is 259 Å². The predicted molar refractivity (Wildman–Crippen MR) is 152 cm³/mol. The topological polar surface area (TPSA) is 131 Å². The molecule has 0 fully saturated rings. The molecule has 1 atom stereocenters. The number of hydrogen-bond acceptors (Lipinski definition) is 8. The first-order chi connectivity index (χ1) is 21.8. The number of alkyl halides is 6. The van der Waals surface area contributed by atoms with Crippen LogP contribution in [0, 0.1) is 0 Å². The van der Waals surface area contributed by atoms with Gasteiger partial charge in [-0.2, -0.15) is 43.1 Å². The molecule has 2 heterocycles. The lowest BCUT2D eigenvalue weighted by molar-refractivity contribution is -0.159. The molecule has 46 heavy (non-hydrogen) atoms. The standard InChI is InChI=1S/C30H20F6N4O5S/c31-29(32,33)20-12-10-19(11-13-20)26-38-22(25(41)37-21(27(42)43)15-46-14-16-4-2-1-3-5-16)23(44-26)17-6-8-18(9-7-17)24-39-28(45-40-24)30(34,35)36/h1-13,21H,14-15H2,(H,37,41)(H,42,43)/t21-/m0/s1.